The summed E-state index contributed by atoms with van der Waals surface area (Å²) in [6, 6.07) is 16.8. The van der Waals surface area contributed by atoms with Crippen molar-refractivity contribution in [2.75, 3.05) is 19.7 Å². The summed E-state index contributed by atoms with van der Waals surface area (Å²) in [4.78, 5) is 23.6. The van der Waals surface area contributed by atoms with E-state index >= 15 is 0 Å². The molecule has 4 rings (SSSR count). The lowest BCUT2D eigenvalue weighted by Gasteiger charge is -2.33. The first-order valence-corrected chi connectivity index (χ1v) is 9.13. The van der Waals surface area contributed by atoms with Crippen molar-refractivity contribution in [1.29, 1.82) is 0 Å². The number of morpholine rings is 1. The normalized spacial score (nSPS) is 16.9. The second kappa shape index (κ2) is 7.86. The summed E-state index contributed by atoms with van der Waals surface area (Å²) < 4.78 is 5.94. The Labute approximate surface area is 162 Å². The van der Waals surface area contributed by atoms with Gasteiger partial charge in [0.15, 0.2) is 0 Å². The van der Waals surface area contributed by atoms with Gasteiger partial charge in [0.25, 0.3) is 5.91 Å². The number of ether oxygens (including phenoxy) is 1. The molecule has 0 radical (unpaired) electrons. The molecule has 6 heteroatoms. The quantitative estimate of drug-likeness (QED) is 0.690. The topological polar surface area (TPSA) is 55.3 Å². The molecule has 1 fully saturated rings. The summed E-state index contributed by atoms with van der Waals surface area (Å²) in [7, 11) is 0. The Morgan fingerprint density at radius 3 is 2.70 bits per heavy atom. The number of halogens is 1. The second-order valence-corrected chi connectivity index (χ2v) is 6.71. The summed E-state index contributed by atoms with van der Waals surface area (Å²) in [6.07, 6.45) is 2.95. The molecule has 0 N–H and O–H groups in total. The van der Waals surface area contributed by atoms with E-state index in [1.165, 1.54) is 0 Å². The van der Waals surface area contributed by atoms with E-state index in [9.17, 15) is 4.79 Å². The summed E-state index contributed by atoms with van der Waals surface area (Å²) in [6.45, 7) is 1.44. The predicted molar refractivity (Wildman–Crippen MR) is 104 cm³/mol. The molecule has 0 bridgehead atoms. The number of amides is 1. The Balaban J connectivity index is 1.62. The molecule has 2 aromatic carbocycles. The maximum absolute atomic E-state index is 12.8. The third kappa shape index (κ3) is 3.84. The first kappa shape index (κ1) is 17.6. The molecule has 136 valence electrons. The fourth-order valence-corrected chi connectivity index (χ4v) is 3.40. The van der Waals surface area contributed by atoms with Crippen LogP contribution in [0.3, 0.4) is 0 Å². The molecule has 1 atom stereocenters. The fourth-order valence-electron chi connectivity index (χ4n) is 3.21. The second-order valence-electron chi connectivity index (χ2n) is 6.28. The molecule has 1 aliphatic heterocycles. The van der Waals surface area contributed by atoms with E-state index in [4.69, 9.17) is 16.3 Å². The van der Waals surface area contributed by atoms with Crippen molar-refractivity contribution in [2.45, 2.75) is 6.10 Å². The zero-order chi connectivity index (χ0) is 18.6. The highest BCUT2D eigenvalue weighted by molar-refractivity contribution is 6.30. The van der Waals surface area contributed by atoms with Crippen LogP contribution in [-0.2, 0) is 4.74 Å². The number of aromatic nitrogens is 2. The first-order valence-electron chi connectivity index (χ1n) is 8.75. The Bertz CT molecular complexity index is 949. The number of nitrogens with zero attached hydrogens (tertiary/aromatic N) is 3. The zero-order valence-electron chi connectivity index (χ0n) is 14.6. The molecule has 3 aromatic rings. The molecule has 1 aliphatic rings. The summed E-state index contributed by atoms with van der Waals surface area (Å²) in [5.41, 5.74) is 2.98. The van der Waals surface area contributed by atoms with Gasteiger partial charge in [0.05, 0.1) is 24.5 Å². The van der Waals surface area contributed by atoms with Gasteiger partial charge in [0.2, 0.25) is 0 Å². The standard InChI is InChI=1S/C21H18ClN3O2/c22-17-8-4-7-16(13-17)19-20(24-10-9-23-19)18-14-25(11-12-27-18)21(26)15-5-2-1-3-6-15/h1-10,13,18H,11-12,14H2/t18-/m1/s1. The van der Waals surface area contributed by atoms with Crippen molar-refractivity contribution in [3.05, 3.63) is 83.3 Å². The third-order valence-electron chi connectivity index (χ3n) is 4.50. The maximum atomic E-state index is 12.8. The monoisotopic (exact) mass is 379 g/mol. The van der Waals surface area contributed by atoms with Crippen LogP contribution in [0.15, 0.2) is 67.0 Å². The van der Waals surface area contributed by atoms with Gasteiger partial charge in [-0.05, 0) is 24.3 Å². The molecule has 1 aromatic heterocycles. The van der Waals surface area contributed by atoms with E-state index in [1.54, 1.807) is 17.3 Å². The van der Waals surface area contributed by atoms with Crippen LogP contribution in [0.2, 0.25) is 5.02 Å². The molecule has 0 unspecified atom stereocenters. The van der Waals surface area contributed by atoms with Gasteiger partial charge in [0.1, 0.15) is 6.10 Å². The number of hydrogen-bond donors (Lipinski definition) is 0. The lowest BCUT2D eigenvalue weighted by atomic mass is 10.0. The van der Waals surface area contributed by atoms with E-state index in [1.807, 2.05) is 54.6 Å². The van der Waals surface area contributed by atoms with Crippen LogP contribution in [0.4, 0.5) is 0 Å². The van der Waals surface area contributed by atoms with Crippen molar-refractivity contribution >= 4 is 17.5 Å². The first-order chi connectivity index (χ1) is 13.2. The van der Waals surface area contributed by atoms with Crippen molar-refractivity contribution in [2.24, 2.45) is 0 Å². The van der Waals surface area contributed by atoms with Crippen LogP contribution in [0.5, 0.6) is 0 Å². The summed E-state index contributed by atoms with van der Waals surface area (Å²) >= 11 is 6.13. The molecule has 0 spiro atoms. The van der Waals surface area contributed by atoms with E-state index in [0.29, 0.717) is 36.0 Å². The molecule has 0 aliphatic carbocycles. The average molecular weight is 380 g/mol. The number of benzene rings is 2. The Kier molecular flexibility index (Phi) is 5.14. The van der Waals surface area contributed by atoms with Gasteiger partial charge in [-0.3, -0.25) is 14.8 Å². The number of carbonyl (C=O) groups is 1. The summed E-state index contributed by atoms with van der Waals surface area (Å²) in [5.74, 6) is -0.00269. The zero-order valence-corrected chi connectivity index (χ0v) is 15.3. The molecule has 1 amide bonds. The van der Waals surface area contributed by atoms with Gasteiger partial charge in [-0.2, -0.15) is 0 Å². The van der Waals surface area contributed by atoms with Crippen LogP contribution in [0, 0.1) is 0 Å². The molecule has 5 nitrogen and oxygen atoms in total. The highest BCUT2D eigenvalue weighted by Crippen LogP contribution is 2.30. The number of hydrogen-bond acceptors (Lipinski definition) is 4. The Morgan fingerprint density at radius 1 is 1.07 bits per heavy atom. The lowest BCUT2D eigenvalue weighted by molar-refractivity contribution is -0.0246. The van der Waals surface area contributed by atoms with Crippen LogP contribution in [0.25, 0.3) is 11.3 Å². The van der Waals surface area contributed by atoms with Gasteiger partial charge in [0, 0.05) is 35.1 Å². The van der Waals surface area contributed by atoms with Crippen LogP contribution >= 0.6 is 11.6 Å². The largest absolute Gasteiger partial charge is 0.368 e. The van der Waals surface area contributed by atoms with E-state index in [0.717, 1.165) is 11.3 Å². The Hall–Kier alpha value is -2.76. The van der Waals surface area contributed by atoms with Crippen molar-refractivity contribution in [1.82, 2.24) is 14.9 Å². The van der Waals surface area contributed by atoms with Gasteiger partial charge < -0.3 is 9.64 Å². The van der Waals surface area contributed by atoms with Crippen molar-refractivity contribution < 1.29 is 9.53 Å². The van der Waals surface area contributed by atoms with Crippen molar-refractivity contribution in [3.63, 3.8) is 0 Å². The van der Waals surface area contributed by atoms with E-state index < -0.39 is 0 Å². The maximum Gasteiger partial charge on any atom is 0.254 e. The van der Waals surface area contributed by atoms with Crippen LogP contribution in [0.1, 0.15) is 22.2 Å². The van der Waals surface area contributed by atoms with E-state index in [2.05, 4.69) is 9.97 Å². The molecule has 2 heterocycles. The highest BCUT2D eigenvalue weighted by Gasteiger charge is 2.29. The van der Waals surface area contributed by atoms with Gasteiger partial charge in [-0.15, -0.1) is 0 Å². The van der Waals surface area contributed by atoms with Crippen LogP contribution in [-0.4, -0.2) is 40.5 Å². The number of rotatable bonds is 3. The minimum absolute atomic E-state index is 0.00269. The SMILES string of the molecule is O=C(c1ccccc1)N1CCO[C@@H](c2nccnc2-c2cccc(Cl)c2)C1. The van der Waals surface area contributed by atoms with Crippen molar-refractivity contribution in [3.8, 4) is 11.3 Å². The molecular weight excluding hydrogens is 362 g/mol. The highest BCUT2D eigenvalue weighted by atomic mass is 35.5. The molecule has 0 saturated carbocycles. The Morgan fingerprint density at radius 2 is 1.89 bits per heavy atom. The predicted octanol–water partition coefficient (Wildman–Crippen LogP) is 4.01. The minimum Gasteiger partial charge on any atom is -0.368 e. The fraction of sp³-hybridized carbons (Fsp3) is 0.190. The average Bonchev–Trinajstić information content (AvgIpc) is 2.74. The molecule has 27 heavy (non-hydrogen) atoms. The van der Waals surface area contributed by atoms with Gasteiger partial charge >= 0.3 is 0 Å². The third-order valence-corrected chi connectivity index (χ3v) is 4.74. The summed E-state index contributed by atoms with van der Waals surface area (Å²) in [5, 5.41) is 0.634. The van der Waals surface area contributed by atoms with Crippen LogP contribution < -0.4 is 0 Å². The molecule has 1 saturated heterocycles. The van der Waals surface area contributed by atoms with Gasteiger partial charge in [-0.25, -0.2) is 0 Å². The minimum atomic E-state index is -0.339. The lowest BCUT2D eigenvalue weighted by Crippen LogP contribution is -2.42. The smallest absolute Gasteiger partial charge is 0.254 e. The van der Waals surface area contributed by atoms with E-state index in [-0.39, 0.29) is 12.0 Å². The number of carbonyl (C=O) groups excluding carboxylic acids is 1. The van der Waals surface area contributed by atoms with Gasteiger partial charge in [-0.1, -0.05) is 41.9 Å². The molecular formula is C21H18ClN3O2.